The Labute approximate surface area is 371 Å². The topological polar surface area (TPSA) is 6.48 Å². The fourth-order valence-electron chi connectivity index (χ4n) is 11.0. The molecule has 2 heterocycles. The van der Waals surface area contributed by atoms with Crippen molar-refractivity contribution in [3.63, 3.8) is 0 Å². The van der Waals surface area contributed by atoms with E-state index >= 15 is 0 Å². The highest BCUT2D eigenvalue weighted by Crippen LogP contribution is 2.51. The molecule has 300 valence electrons. The Hall–Kier alpha value is -7.36. The van der Waals surface area contributed by atoms with Gasteiger partial charge in [0.25, 0.3) is 6.71 Å². The number of anilines is 6. The molecule has 0 amide bonds. The first kappa shape index (κ1) is 37.4. The zero-order valence-corrected chi connectivity index (χ0v) is 35.9. The van der Waals surface area contributed by atoms with Crippen LogP contribution in [0.3, 0.4) is 0 Å². The Morgan fingerprint density at radius 3 is 1.83 bits per heavy atom. The third-order valence-electron chi connectivity index (χ3n) is 13.8. The Morgan fingerprint density at radius 2 is 1.10 bits per heavy atom. The van der Waals surface area contributed by atoms with Gasteiger partial charge in [0, 0.05) is 46.0 Å². The van der Waals surface area contributed by atoms with Gasteiger partial charge < -0.3 is 9.80 Å². The van der Waals surface area contributed by atoms with Gasteiger partial charge in [-0.15, -0.1) is 0 Å². The van der Waals surface area contributed by atoms with Crippen LogP contribution in [-0.2, 0) is 5.41 Å². The van der Waals surface area contributed by atoms with Gasteiger partial charge >= 0.3 is 0 Å². The monoisotopic (exact) mass is 806 g/mol. The van der Waals surface area contributed by atoms with Gasteiger partial charge in [-0.1, -0.05) is 191 Å². The number of rotatable bonds is 5. The standard InChI is InChI=1S/C60H47BN2/c1-60(2,3)44-34-35-52-54(39-44)63(46-26-11-6-12-27-46)56-38-43(37-55-59(56)61(52)51-32-17-18-33-53(51)62(55)45-24-9-5-10-25-45)41-22-19-23-42(36-41)58-49-30-15-13-28-47(49)57(40-20-7-4-8-21-40)48-29-14-16-31-50(48)58/h4-39,49,58H,1-3H3. The highest BCUT2D eigenvalue weighted by Gasteiger charge is 2.44. The van der Waals surface area contributed by atoms with Gasteiger partial charge in [0.05, 0.1) is 0 Å². The van der Waals surface area contributed by atoms with Gasteiger partial charge in [-0.05, 0) is 120 Å². The summed E-state index contributed by atoms with van der Waals surface area (Å²) in [5.74, 6) is 0.356. The van der Waals surface area contributed by atoms with Gasteiger partial charge in [-0.25, -0.2) is 0 Å². The molecule has 0 fully saturated rings. The quantitative estimate of drug-likeness (QED) is 0.160. The zero-order chi connectivity index (χ0) is 42.2. The second kappa shape index (κ2) is 14.6. The fourth-order valence-corrected chi connectivity index (χ4v) is 11.0. The van der Waals surface area contributed by atoms with E-state index in [1.165, 1.54) is 89.2 Å². The molecule has 0 saturated heterocycles. The lowest BCUT2D eigenvalue weighted by Gasteiger charge is -2.44. The van der Waals surface area contributed by atoms with Crippen molar-refractivity contribution < 1.29 is 0 Å². The zero-order valence-electron chi connectivity index (χ0n) is 35.9. The summed E-state index contributed by atoms with van der Waals surface area (Å²) in [6.07, 6.45) is 9.22. The minimum absolute atomic E-state index is 0.0162. The molecular weight excluding hydrogens is 759 g/mol. The minimum Gasteiger partial charge on any atom is -0.311 e. The summed E-state index contributed by atoms with van der Waals surface area (Å²) in [4.78, 5) is 5.05. The van der Waals surface area contributed by atoms with Crippen LogP contribution in [0.4, 0.5) is 34.1 Å². The van der Waals surface area contributed by atoms with Crippen molar-refractivity contribution in [2.75, 3.05) is 9.80 Å². The molecule has 12 rings (SSSR count). The third-order valence-corrected chi connectivity index (χ3v) is 13.8. The highest BCUT2D eigenvalue weighted by molar-refractivity contribution is 7.00. The molecule has 4 aliphatic rings. The maximum atomic E-state index is 2.54. The largest absolute Gasteiger partial charge is 0.311 e. The first-order valence-electron chi connectivity index (χ1n) is 22.4. The van der Waals surface area contributed by atoms with Crippen LogP contribution in [0.2, 0.25) is 0 Å². The van der Waals surface area contributed by atoms with E-state index in [0.717, 1.165) is 11.4 Å². The minimum atomic E-state index is -0.0162. The molecule has 0 radical (unpaired) electrons. The second-order valence-electron chi connectivity index (χ2n) is 18.4. The van der Waals surface area contributed by atoms with Crippen molar-refractivity contribution in [3.05, 3.63) is 252 Å². The van der Waals surface area contributed by atoms with Gasteiger partial charge in [0.1, 0.15) is 0 Å². The van der Waals surface area contributed by atoms with Crippen LogP contribution in [-0.4, -0.2) is 6.71 Å². The molecule has 8 aromatic carbocycles. The molecule has 2 nitrogen and oxygen atoms in total. The average molecular weight is 807 g/mol. The van der Waals surface area contributed by atoms with Crippen LogP contribution in [0, 0.1) is 5.92 Å². The lowest BCUT2D eigenvalue weighted by Crippen LogP contribution is -2.61. The number of benzene rings is 8. The predicted octanol–water partition coefficient (Wildman–Crippen LogP) is 13.4. The molecule has 2 atom stereocenters. The molecule has 0 saturated carbocycles. The van der Waals surface area contributed by atoms with Crippen LogP contribution in [0.5, 0.6) is 0 Å². The fraction of sp³-hybridized carbons (Fsp3) is 0.100. The molecule has 3 heteroatoms. The van der Waals surface area contributed by atoms with Crippen molar-refractivity contribution in [1.82, 2.24) is 0 Å². The Kier molecular flexibility index (Phi) is 8.69. The van der Waals surface area contributed by atoms with E-state index < -0.39 is 0 Å². The smallest absolute Gasteiger partial charge is 0.252 e. The van der Waals surface area contributed by atoms with Crippen LogP contribution in [0.25, 0.3) is 16.7 Å². The maximum Gasteiger partial charge on any atom is 0.252 e. The van der Waals surface area contributed by atoms with E-state index in [2.05, 4.69) is 249 Å². The van der Waals surface area contributed by atoms with Crippen molar-refractivity contribution in [3.8, 4) is 11.1 Å². The number of fused-ring (bicyclic) bond motifs is 6. The Bertz CT molecular complexity index is 3170. The number of para-hydroxylation sites is 3. The summed E-state index contributed by atoms with van der Waals surface area (Å²) in [6.45, 7) is 7.02. The SMILES string of the molecule is CC(C)(C)c1ccc2c(c1)N(c1ccccc1)c1cc(-c3cccc(C4c5ccccc5C(c5ccccc5)=C5C=CC=CC54)c3)cc3c1B2c1ccccc1N3c1ccccc1. The van der Waals surface area contributed by atoms with Crippen molar-refractivity contribution in [1.29, 1.82) is 0 Å². The molecule has 63 heavy (non-hydrogen) atoms. The van der Waals surface area contributed by atoms with E-state index in [0.29, 0.717) is 0 Å². The number of hydrogen-bond donors (Lipinski definition) is 0. The van der Waals surface area contributed by atoms with Crippen molar-refractivity contribution >= 4 is 62.8 Å². The summed E-state index contributed by atoms with van der Waals surface area (Å²) in [5, 5.41) is 0. The van der Waals surface area contributed by atoms with E-state index in [1.807, 2.05) is 0 Å². The van der Waals surface area contributed by atoms with Crippen LogP contribution in [0.1, 0.15) is 54.5 Å². The highest BCUT2D eigenvalue weighted by atomic mass is 15.2. The van der Waals surface area contributed by atoms with E-state index in [-0.39, 0.29) is 24.0 Å². The van der Waals surface area contributed by atoms with E-state index in [9.17, 15) is 0 Å². The number of allylic oxidation sites excluding steroid dienone is 5. The summed E-state index contributed by atoms with van der Waals surface area (Å²) in [6, 6.07) is 72.7. The normalized spacial score (nSPS) is 16.8. The molecule has 0 N–H and O–H groups in total. The van der Waals surface area contributed by atoms with Gasteiger partial charge in [-0.2, -0.15) is 0 Å². The Balaban J connectivity index is 1.10. The first-order valence-corrected chi connectivity index (χ1v) is 22.4. The van der Waals surface area contributed by atoms with Crippen LogP contribution < -0.4 is 26.2 Å². The van der Waals surface area contributed by atoms with Gasteiger partial charge in [0.2, 0.25) is 0 Å². The van der Waals surface area contributed by atoms with Crippen LogP contribution >= 0.6 is 0 Å². The summed E-state index contributed by atoms with van der Waals surface area (Å²) in [5.41, 5.74) is 22.9. The van der Waals surface area contributed by atoms with E-state index in [4.69, 9.17) is 0 Å². The molecule has 8 aromatic rings. The van der Waals surface area contributed by atoms with Gasteiger partial charge in [0.15, 0.2) is 0 Å². The van der Waals surface area contributed by atoms with Gasteiger partial charge in [-0.3, -0.25) is 0 Å². The van der Waals surface area contributed by atoms with Crippen LogP contribution in [0.15, 0.2) is 224 Å². The molecule has 2 aliphatic carbocycles. The Morgan fingerprint density at radius 1 is 0.476 bits per heavy atom. The lowest BCUT2D eigenvalue weighted by molar-refractivity contribution is 0.590. The third kappa shape index (κ3) is 6.02. The summed E-state index contributed by atoms with van der Waals surface area (Å²) in [7, 11) is 0. The van der Waals surface area contributed by atoms with E-state index in [1.54, 1.807) is 0 Å². The molecule has 2 unspecified atom stereocenters. The van der Waals surface area contributed by atoms with Crippen molar-refractivity contribution in [2.24, 2.45) is 5.92 Å². The lowest BCUT2D eigenvalue weighted by atomic mass is 9.33. The summed E-state index contributed by atoms with van der Waals surface area (Å²) >= 11 is 0. The first-order chi connectivity index (χ1) is 30.9. The number of nitrogens with zero attached hydrogens (tertiary/aromatic N) is 2. The molecule has 2 aliphatic heterocycles. The van der Waals surface area contributed by atoms with Crippen molar-refractivity contribution in [2.45, 2.75) is 32.1 Å². The predicted molar refractivity (Wildman–Crippen MR) is 267 cm³/mol. The molecule has 0 aromatic heterocycles. The number of hydrogen-bond acceptors (Lipinski definition) is 2. The molecular formula is C60H47BN2. The summed E-state index contributed by atoms with van der Waals surface area (Å²) < 4.78 is 0. The average Bonchev–Trinajstić information content (AvgIpc) is 3.33. The molecule has 0 spiro atoms. The molecule has 0 bridgehead atoms. The maximum absolute atomic E-state index is 2.54. The second-order valence-corrected chi connectivity index (χ2v) is 18.4.